The number of furan rings is 1. The molecule has 6 heteroatoms. The summed E-state index contributed by atoms with van der Waals surface area (Å²) in [5.41, 5.74) is 1.16. The molecule has 1 atom stereocenters. The molecule has 0 bridgehead atoms. The topological polar surface area (TPSA) is 62.6 Å². The van der Waals surface area contributed by atoms with E-state index in [1.54, 1.807) is 0 Å². The van der Waals surface area contributed by atoms with Gasteiger partial charge in [-0.15, -0.1) is 0 Å². The lowest BCUT2D eigenvalue weighted by atomic mass is 10.2. The van der Waals surface area contributed by atoms with Crippen LogP contribution in [0.1, 0.15) is 30.9 Å². The Balaban J connectivity index is 2.01. The summed E-state index contributed by atoms with van der Waals surface area (Å²) in [5.74, 6) is 2.39. The van der Waals surface area contributed by atoms with Crippen LogP contribution in [-0.4, -0.2) is 44.0 Å². The van der Waals surface area contributed by atoms with E-state index < -0.39 is 9.84 Å². The van der Waals surface area contributed by atoms with Gasteiger partial charge in [-0.3, -0.25) is 4.90 Å². The summed E-state index contributed by atoms with van der Waals surface area (Å²) in [6.45, 7) is 9.03. The first kappa shape index (κ1) is 15.5. The molecule has 20 heavy (non-hydrogen) atoms. The highest BCUT2D eigenvalue weighted by molar-refractivity contribution is 7.91. The summed E-state index contributed by atoms with van der Waals surface area (Å²) >= 11 is 0. The van der Waals surface area contributed by atoms with Crippen molar-refractivity contribution < 1.29 is 12.8 Å². The maximum Gasteiger partial charge on any atom is 0.153 e. The number of aryl methyl sites for hydroxylation is 1. The minimum Gasteiger partial charge on any atom is -0.465 e. The van der Waals surface area contributed by atoms with E-state index in [1.807, 2.05) is 13.8 Å². The Morgan fingerprint density at radius 3 is 2.90 bits per heavy atom. The SMILES string of the molecule is CCNCc1cc(CN2CCS(=O)(=O)CC2C)c(C)o1. The Kier molecular flexibility index (Phi) is 4.88. The van der Waals surface area contributed by atoms with Crippen LogP contribution in [-0.2, 0) is 22.9 Å². The van der Waals surface area contributed by atoms with Crippen LogP contribution in [0.2, 0.25) is 0 Å². The molecule has 5 nitrogen and oxygen atoms in total. The van der Waals surface area contributed by atoms with Gasteiger partial charge in [-0.05, 0) is 26.5 Å². The highest BCUT2D eigenvalue weighted by Crippen LogP contribution is 2.20. The second-order valence-electron chi connectivity index (χ2n) is 5.51. The van der Waals surface area contributed by atoms with Crippen molar-refractivity contribution in [1.29, 1.82) is 0 Å². The van der Waals surface area contributed by atoms with Gasteiger partial charge in [0.2, 0.25) is 0 Å². The minimum absolute atomic E-state index is 0.0697. The number of nitrogens with one attached hydrogen (secondary N) is 1. The van der Waals surface area contributed by atoms with Gasteiger partial charge in [-0.1, -0.05) is 6.92 Å². The first-order chi connectivity index (χ1) is 9.41. The van der Waals surface area contributed by atoms with E-state index in [0.717, 1.165) is 36.7 Å². The number of hydrogen-bond donors (Lipinski definition) is 1. The van der Waals surface area contributed by atoms with E-state index in [0.29, 0.717) is 6.54 Å². The third kappa shape index (κ3) is 3.84. The fourth-order valence-electron chi connectivity index (χ4n) is 2.57. The molecule has 1 aliphatic rings. The first-order valence-electron chi connectivity index (χ1n) is 7.14. The van der Waals surface area contributed by atoms with Crippen molar-refractivity contribution in [3.05, 3.63) is 23.2 Å². The minimum atomic E-state index is -2.85. The highest BCUT2D eigenvalue weighted by Gasteiger charge is 2.28. The van der Waals surface area contributed by atoms with Crippen LogP contribution in [0, 0.1) is 6.92 Å². The lowest BCUT2D eigenvalue weighted by Crippen LogP contribution is -2.46. The van der Waals surface area contributed by atoms with Gasteiger partial charge in [-0.2, -0.15) is 0 Å². The molecule has 114 valence electrons. The Morgan fingerprint density at radius 2 is 2.25 bits per heavy atom. The smallest absolute Gasteiger partial charge is 0.153 e. The molecule has 2 rings (SSSR count). The summed E-state index contributed by atoms with van der Waals surface area (Å²) in [5, 5.41) is 3.24. The maximum absolute atomic E-state index is 11.6. The fraction of sp³-hybridized carbons (Fsp3) is 0.714. The lowest BCUT2D eigenvalue weighted by molar-refractivity contribution is 0.217. The van der Waals surface area contributed by atoms with Gasteiger partial charge in [0, 0.05) is 24.7 Å². The van der Waals surface area contributed by atoms with Gasteiger partial charge in [-0.25, -0.2) is 8.42 Å². The van der Waals surface area contributed by atoms with Crippen molar-refractivity contribution in [3.8, 4) is 0 Å². The van der Waals surface area contributed by atoms with Gasteiger partial charge in [0.15, 0.2) is 9.84 Å². The predicted octanol–water partition coefficient (Wildman–Crippen LogP) is 1.32. The van der Waals surface area contributed by atoms with Crippen molar-refractivity contribution in [2.75, 3.05) is 24.6 Å². The van der Waals surface area contributed by atoms with Crippen LogP contribution in [0.3, 0.4) is 0 Å². The molecule has 0 spiro atoms. The average Bonchev–Trinajstić information content (AvgIpc) is 2.70. The van der Waals surface area contributed by atoms with Crippen molar-refractivity contribution in [2.45, 2.75) is 39.9 Å². The molecule has 0 saturated carbocycles. The van der Waals surface area contributed by atoms with Crippen molar-refractivity contribution in [1.82, 2.24) is 10.2 Å². The third-order valence-corrected chi connectivity index (χ3v) is 5.60. The summed E-state index contributed by atoms with van der Waals surface area (Å²) < 4.78 is 28.9. The summed E-state index contributed by atoms with van der Waals surface area (Å²) in [4.78, 5) is 2.22. The molecule has 0 radical (unpaired) electrons. The van der Waals surface area contributed by atoms with E-state index >= 15 is 0 Å². The predicted molar refractivity (Wildman–Crippen MR) is 79.4 cm³/mol. The second kappa shape index (κ2) is 6.28. The van der Waals surface area contributed by atoms with Crippen molar-refractivity contribution in [3.63, 3.8) is 0 Å². The molecular weight excluding hydrogens is 276 g/mol. The number of nitrogens with zero attached hydrogens (tertiary/aromatic N) is 1. The van der Waals surface area contributed by atoms with Gasteiger partial charge in [0.05, 0.1) is 18.1 Å². The summed E-state index contributed by atoms with van der Waals surface area (Å²) in [6, 6.07) is 2.15. The lowest BCUT2D eigenvalue weighted by Gasteiger charge is -2.32. The fourth-order valence-corrected chi connectivity index (χ4v) is 4.19. The van der Waals surface area contributed by atoms with E-state index in [1.165, 1.54) is 0 Å². The Bertz CT molecular complexity index is 551. The average molecular weight is 300 g/mol. The number of hydrogen-bond acceptors (Lipinski definition) is 5. The maximum atomic E-state index is 11.6. The van der Waals surface area contributed by atoms with Crippen molar-refractivity contribution in [2.24, 2.45) is 0 Å². The molecule has 1 saturated heterocycles. The Morgan fingerprint density at radius 1 is 1.50 bits per heavy atom. The Labute approximate surface area is 121 Å². The highest BCUT2D eigenvalue weighted by atomic mass is 32.2. The van der Waals surface area contributed by atoms with E-state index in [2.05, 4.69) is 23.2 Å². The normalized spacial score (nSPS) is 23.1. The molecule has 2 heterocycles. The van der Waals surface area contributed by atoms with E-state index in [-0.39, 0.29) is 17.5 Å². The van der Waals surface area contributed by atoms with Gasteiger partial charge in [0.25, 0.3) is 0 Å². The Hall–Kier alpha value is -0.850. The summed E-state index contributed by atoms with van der Waals surface area (Å²) in [7, 11) is -2.85. The monoisotopic (exact) mass is 300 g/mol. The molecule has 0 aliphatic carbocycles. The van der Waals surface area contributed by atoms with Crippen LogP contribution in [0.25, 0.3) is 0 Å². The molecule has 1 fully saturated rings. The van der Waals surface area contributed by atoms with Gasteiger partial charge in [0.1, 0.15) is 11.5 Å². The van der Waals surface area contributed by atoms with Crippen LogP contribution >= 0.6 is 0 Å². The zero-order valence-electron chi connectivity index (χ0n) is 12.5. The van der Waals surface area contributed by atoms with Crippen LogP contribution in [0.4, 0.5) is 0 Å². The van der Waals surface area contributed by atoms with Crippen LogP contribution < -0.4 is 5.32 Å². The number of rotatable bonds is 5. The van der Waals surface area contributed by atoms with Crippen LogP contribution in [0.5, 0.6) is 0 Å². The largest absolute Gasteiger partial charge is 0.465 e. The zero-order valence-corrected chi connectivity index (χ0v) is 13.3. The molecule has 1 aromatic rings. The zero-order chi connectivity index (χ0) is 14.8. The molecule has 0 amide bonds. The van der Waals surface area contributed by atoms with Crippen molar-refractivity contribution >= 4 is 9.84 Å². The van der Waals surface area contributed by atoms with Crippen LogP contribution in [0.15, 0.2) is 10.5 Å². The standard InChI is InChI=1S/C14H24N2O3S/c1-4-15-8-14-7-13(12(3)19-14)9-16-5-6-20(17,18)10-11(16)2/h7,11,15H,4-6,8-10H2,1-3H3. The van der Waals surface area contributed by atoms with Gasteiger partial charge >= 0.3 is 0 Å². The molecule has 1 aromatic heterocycles. The molecular formula is C14H24N2O3S. The first-order valence-corrected chi connectivity index (χ1v) is 8.97. The van der Waals surface area contributed by atoms with Gasteiger partial charge < -0.3 is 9.73 Å². The number of sulfone groups is 1. The third-order valence-electron chi connectivity index (χ3n) is 3.80. The van der Waals surface area contributed by atoms with E-state index in [9.17, 15) is 8.42 Å². The quantitative estimate of drug-likeness (QED) is 0.888. The molecule has 1 N–H and O–H groups in total. The molecule has 1 aliphatic heterocycles. The summed E-state index contributed by atoms with van der Waals surface area (Å²) in [6.07, 6.45) is 0. The van der Waals surface area contributed by atoms with E-state index in [4.69, 9.17) is 4.42 Å². The second-order valence-corrected chi connectivity index (χ2v) is 7.74. The molecule has 1 unspecified atom stereocenters. The molecule has 0 aromatic carbocycles.